The molecule has 0 aliphatic carbocycles. The number of H-pyrrole nitrogens is 1. The Morgan fingerprint density at radius 1 is 1.36 bits per heavy atom. The van der Waals surface area contributed by atoms with Crippen LogP contribution in [0.25, 0.3) is 0 Å². The van der Waals surface area contributed by atoms with Crippen molar-refractivity contribution in [3.8, 4) is 5.75 Å². The molecule has 71 valence electrons. The van der Waals surface area contributed by atoms with Crippen molar-refractivity contribution in [2.24, 2.45) is 0 Å². The fourth-order valence-electron chi connectivity index (χ4n) is 1.29. The fourth-order valence-corrected chi connectivity index (χ4v) is 1.29. The summed E-state index contributed by atoms with van der Waals surface area (Å²) in [5.74, 6) is 0.653. The average Bonchev–Trinajstić information content (AvgIpc) is 2.70. The molecule has 0 saturated heterocycles. The van der Waals surface area contributed by atoms with Crippen molar-refractivity contribution in [2.75, 3.05) is 11.9 Å². The van der Waals surface area contributed by atoms with Gasteiger partial charge in [0.2, 0.25) is 11.7 Å². The first-order chi connectivity index (χ1) is 6.79. The largest absolute Gasteiger partial charge is 0.331 e. The van der Waals surface area contributed by atoms with E-state index in [0.29, 0.717) is 11.6 Å². The standard InChI is InChI=1S/C10H10N3O/c1-13(10-11-6-7-12-10)8-4-2-3-5-9(8)14/h2-7H,1H3,(H,11,12). The summed E-state index contributed by atoms with van der Waals surface area (Å²) >= 11 is 0. The molecule has 0 unspecified atom stereocenters. The number of benzene rings is 1. The molecule has 2 rings (SSSR count). The summed E-state index contributed by atoms with van der Waals surface area (Å²) in [6.07, 6.45) is 3.37. The molecule has 4 heteroatoms. The molecule has 0 saturated carbocycles. The fraction of sp³-hybridized carbons (Fsp3) is 0.100. The Kier molecular flexibility index (Phi) is 2.10. The molecule has 1 aromatic heterocycles. The van der Waals surface area contributed by atoms with Gasteiger partial charge in [0.25, 0.3) is 0 Å². The molecule has 1 heterocycles. The minimum atomic E-state index is -0.00796. The number of nitrogens with zero attached hydrogens (tertiary/aromatic N) is 2. The maximum atomic E-state index is 11.5. The molecule has 0 aliphatic rings. The molecular weight excluding hydrogens is 178 g/mol. The zero-order valence-electron chi connectivity index (χ0n) is 7.77. The van der Waals surface area contributed by atoms with Crippen molar-refractivity contribution >= 4 is 11.6 Å². The van der Waals surface area contributed by atoms with E-state index >= 15 is 0 Å². The number of hydrogen-bond acceptors (Lipinski definition) is 2. The normalized spacial score (nSPS) is 10.1. The molecule has 0 atom stereocenters. The summed E-state index contributed by atoms with van der Waals surface area (Å²) in [4.78, 5) is 8.73. The molecule has 2 aromatic rings. The number of hydrogen-bond donors (Lipinski definition) is 1. The van der Waals surface area contributed by atoms with E-state index in [1.807, 2.05) is 6.07 Å². The number of aromatic amines is 1. The Labute approximate surface area is 81.8 Å². The highest BCUT2D eigenvalue weighted by molar-refractivity contribution is 5.63. The van der Waals surface area contributed by atoms with Crippen molar-refractivity contribution in [3.05, 3.63) is 36.7 Å². The predicted molar refractivity (Wildman–Crippen MR) is 53.2 cm³/mol. The molecule has 0 amide bonds. The van der Waals surface area contributed by atoms with E-state index in [0.717, 1.165) is 0 Å². The van der Waals surface area contributed by atoms with Gasteiger partial charge in [-0.2, -0.15) is 0 Å². The number of rotatable bonds is 2. The smallest absolute Gasteiger partial charge is 0.207 e. The van der Waals surface area contributed by atoms with Gasteiger partial charge in [0.1, 0.15) is 0 Å². The van der Waals surface area contributed by atoms with Crippen LogP contribution in [0.3, 0.4) is 0 Å². The van der Waals surface area contributed by atoms with Crippen LogP contribution in [-0.2, 0) is 5.11 Å². The maximum Gasteiger partial charge on any atom is 0.207 e. The molecule has 1 radical (unpaired) electrons. The molecule has 1 N–H and O–H groups in total. The third-order valence-electron chi connectivity index (χ3n) is 2.03. The van der Waals surface area contributed by atoms with Gasteiger partial charge in [-0.05, 0) is 12.1 Å². The number of aromatic nitrogens is 2. The molecular formula is C10H10N3O. The van der Waals surface area contributed by atoms with Gasteiger partial charge in [-0.3, -0.25) is 5.11 Å². The monoisotopic (exact) mass is 188 g/mol. The predicted octanol–water partition coefficient (Wildman–Crippen LogP) is 2.32. The van der Waals surface area contributed by atoms with E-state index in [9.17, 15) is 5.11 Å². The van der Waals surface area contributed by atoms with Gasteiger partial charge in [-0.1, -0.05) is 12.1 Å². The minimum Gasteiger partial charge on any atom is -0.331 e. The van der Waals surface area contributed by atoms with E-state index < -0.39 is 0 Å². The first-order valence-electron chi connectivity index (χ1n) is 4.28. The molecule has 0 spiro atoms. The quantitative estimate of drug-likeness (QED) is 0.786. The van der Waals surface area contributed by atoms with Crippen molar-refractivity contribution < 1.29 is 5.11 Å². The Balaban J connectivity index is 2.37. The first kappa shape index (κ1) is 8.62. The molecule has 1 aromatic carbocycles. The van der Waals surface area contributed by atoms with Gasteiger partial charge in [0.15, 0.2) is 0 Å². The lowest BCUT2D eigenvalue weighted by molar-refractivity contribution is 0.356. The number of nitrogens with one attached hydrogen (secondary N) is 1. The second-order valence-corrected chi connectivity index (χ2v) is 2.94. The van der Waals surface area contributed by atoms with Gasteiger partial charge in [0, 0.05) is 19.4 Å². The summed E-state index contributed by atoms with van der Waals surface area (Å²) in [7, 11) is 1.80. The van der Waals surface area contributed by atoms with Crippen molar-refractivity contribution in [3.63, 3.8) is 0 Å². The van der Waals surface area contributed by atoms with Gasteiger partial charge < -0.3 is 9.88 Å². The number of para-hydroxylation sites is 2. The zero-order valence-corrected chi connectivity index (χ0v) is 7.77. The lowest BCUT2D eigenvalue weighted by Gasteiger charge is -2.15. The van der Waals surface area contributed by atoms with Gasteiger partial charge in [0.05, 0.1) is 5.69 Å². The van der Waals surface area contributed by atoms with E-state index in [-0.39, 0.29) is 5.75 Å². The number of imidazole rings is 1. The Morgan fingerprint density at radius 2 is 2.14 bits per heavy atom. The lowest BCUT2D eigenvalue weighted by Crippen LogP contribution is -2.10. The lowest BCUT2D eigenvalue weighted by atomic mass is 10.3. The first-order valence-corrected chi connectivity index (χ1v) is 4.28. The van der Waals surface area contributed by atoms with Crippen LogP contribution < -0.4 is 4.90 Å². The van der Waals surface area contributed by atoms with E-state index in [1.165, 1.54) is 6.07 Å². The Hall–Kier alpha value is -1.97. The second kappa shape index (κ2) is 3.41. The van der Waals surface area contributed by atoms with Gasteiger partial charge >= 0.3 is 0 Å². The molecule has 0 aliphatic heterocycles. The minimum absolute atomic E-state index is 0.00796. The van der Waals surface area contributed by atoms with Crippen LogP contribution in [0, 0.1) is 0 Å². The molecule has 0 fully saturated rings. The van der Waals surface area contributed by atoms with Crippen LogP contribution >= 0.6 is 0 Å². The van der Waals surface area contributed by atoms with Gasteiger partial charge in [-0.15, -0.1) is 0 Å². The summed E-state index contributed by atoms with van der Waals surface area (Å²) < 4.78 is 0. The SMILES string of the molecule is CN(c1ncc[nH]1)c1ccccc1[O]. The zero-order chi connectivity index (χ0) is 9.97. The summed E-state index contributed by atoms with van der Waals surface area (Å²) in [6.45, 7) is 0. The van der Waals surface area contributed by atoms with Crippen LogP contribution in [0.2, 0.25) is 0 Å². The summed E-state index contributed by atoms with van der Waals surface area (Å²) in [5.41, 5.74) is 0.613. The third-order valence-corrected chi connectivity index (χ3v) is 2.03. The van der Waals surface area contributed by atoms with Crippen LogP contribution in [0.4, 0.5) is 11.6 Å². The molecule has 0 bridgehead atoms. The Bertz CT molecular complexity index is 411. The van der Waals surface area contributed by atoms with E-state index in [1.54, 1.807) is 36.5 Å². The van der Waals surface area contributed by atoms with Crippen molar-refractivity contribution in [1.29, 1.82) is 0 Å². The van der Waals surface area contributed by atoms with Gasteiger partial charge in [-0.25, -0.2) is 4.98 Å². The highest BCUT2D eigenvalue weighted by Crippen LogP contribution is 2.29. The van der Waals surface area contributed by atoms with Crippen LogP contribution in [-0.4, -0.2) is 17.0 Å². The van der Waals surface area contributed by atoms with Crippen molar-refractivity contribution in [1.82, 2.24) is 9.97 Å². The van der Waals surface area contributed by atoms with E-state index in [2.05, 4.69) is 9.97 Å². The maximum absolute atomic E-state index is 11.5. The summed E-state index contributed by atoms with van der Waals surface area (Å²) in [6, 6.07) is 6.86. The van der Waals surface area contributed by atoms with Crippen LogP contribution in [0.1, 0.15) is 0 Å². The third kappa shape index (κ3) is 1.42. The highest BCUT2D eigenvalue weighted by Gasteiger charge is 2.10. The average molecular weight is 188 g/mol. The van der Waals surface area contributed by atoms with Crippen molar-refractivity contribution in [2.45, 2.75) is 0 Å². The highest BCUT2D eigenvalue weighted by atomic mass is 16.3. The molecule has 14 heavy (non-hydrogen) atoms. The van der Waals surface area contributed by atoms with E-state index in [4.69, 9.17) is 0 Å². The second-order valence-electron chi connectivity index (χ2n) is 2.94. The van der Waals surface area contributed by atoms with Crippen LogP contribution in [0.15, 0.2) is 36.7 Å². The summed E-state index contributed by atoms with van der Waals surface area (Å²) in [5, 5.41) is 11.5. The Morgan fingerprint density at radius 3 is 2.79 bits per heavy atom. The molecule has 4 nitrogen and oxygen atoms in total. The topological polar surface area (TPSA) is 51.8 Å². The number of anilines is 2. The van der Waals surface area contributed by atoms with Crippen LogP contribution in [0.5, 0.6) is 5.75 Å².